The van der Waals surface area contributed by atoms with Crippen molar-refractivity contribution in [1.29, 1.82) is 0 Å². The summed E-state index contributed by atoms with van der Waals surface area (Å²) in [6.45, 7) is 15.3. The molecule has 0 fully saturated rings. The molecule has 8 rings (SSSR count). The summed E-state index contributed by atoms with van der Waals surface area (Å²) in [5.41, 5.74) is 13.1. The topological polar surface area (TPSA) is 0 Å². The third kappa shape index (κ3) is 9.71. The van der Waals surface area contributed by atoms with Gasteiger partial charge in [-0.05, 0) is 47.2 Å². The monoisotopic (exact) mass is 810 g/mol. The Labute approximate surface area is 332 Å². The van der Waals surface area contributed by atoms with Crippen LogP contribution >= 0.6 is 17.0 Å². The molecule has 0 aliphatic heterocycles. The minimum absolute atomic E-state index is 0.563. The second-order valence-electron chi connectivity index (χ2n) is 13.6. The van der Waals surface area contributed by atoms with E-state index < -0.39 is 20.8 Å². The molecule has 0 heterocycles. The summed E-state index contributed by atoms with van der Waals surface area (Å²) >= 11 is -0.826. The van der Waals surface area contributed by atoms with Gasteiger partial charge in [0.25, 0.3) is 0 Å². The first-order valence-electron chi connectivity index (χ1n) is 17.7. The third-order valence-electron chi connectivity index (χ3n) is 9.23. The van der Waals surface area contributed by atoms with Crippen molar-refractivity contribution in [2.45, 2.75) is 53.6 Å². The number of benzene rings is 6. The van der Waals surface area contributed by atoms with Gasteiger partial charge in [-0.3, -0.25) is 0 Å². The number of aryl methyl sites for hydroxylation is 3. The molecule has 0 spiro atoms. The first-order chi connectivity index (χ1) is 25.2. The van der Waals surface area contributed by atoms with E-state index in [-0.39, 0.29) is 0 Å². The second-order valence-corrected chi connectivity index (χ2v) is 18.4. The maximum absolute atomic E-state index is 4.93. The van der Waals surface area contributed by atoms with E-state index in [2.05, 4.69) is 193 Å². The fourth-order valence-electron chi connectivity index (χ4n) is 6.64. The van der Waals surface area contributed by atoms with E-state index in [4.69, 9.17) is 17.0 Å². The van der Waals surface area contributed by atoms with E-state index in [1.54, 1.807) is 0 Å². The minimum atomic E-state index is -0.826. The zero-order chi connectivity index (χ0) is 37.2. The average Bonchev–Trinajstić information content (AvgIpc) is 3.76. The van der Waals surface area contributed by atoms with Crippen LogP contribution in [0.5, 0.6) is 0 Å². The molecule has 4 heteroatoms. The molecule has 0 saturated heterocycles. The Balaban J connectivity index is 0.000000175. The first kappa shape index (κ1) is 39.7. The molecule has 8 aromatic carbocycles. The van der Waals surface area contributed by atoms with Gasteiger partial charge in [0, 0.05) is 9.52 Å². The van der Waals surface area contributed by atoms with Gasteiger partial charge in [0.05, 0.1) is 0 Å². The standard InChI is InChI=1S/C24H21.C22H19.C2H6Si.2ClH.Zr/c1-16-4-8-19(9-5-16)21-14-22-12-18(3)13-23(22)24(15-21)20-10-6-17(2)7-11-20;1-15(2)18-13-17-9-6-12-21(22(17)14-18)20-11-5-8-16-7-3-4-10-19(16)20;1-3-2;;;/h4-15H,1-3H3;3-15H,1-2H3;1-2H3;2*1H;/q2*-1;;;;+4/p-2. The summed E-state index contributed by atoms with van der Waals surface area (Å²) in [4.78, 5) is 0. The molecular formula is C48H46Cl2SiZr. The van der Waals surface area contributed by atoms with Crippen molar-refractivity contribution < 1.29 is 20.8 Å². The normalized spacial score (nSPS) is 10.6. The Morgan fingerprint density at radius 2 is 1.06 bits per heavy atom. The van der Waals surface area contributed by atoms with Gasteiger partial charge in [-0.2, -0.15) is 12.1 Å². The van der Waals surface area contributed by atoms with Crippen LogP contribution in [0.4, 0.5) is 0 Å². The second kappa shape index (κ2) is 19.0. The zero-order valence-corrected chi connectivity index (χ0v) is 36.2. The van der Waals surface area contributed by atoms with Crippen LogP contribution in [-0.4, -0.2) is 9.52 Å². The Morgan fingerprint density at radius 1 is 0.519 bits per heavy atom. The maximum atomic E-state index is 4.93. The van der Waals surface area contributed by atoms with E-state index in [0.29, 0.717) is 5.92 Å². The number of hydrogen-bond donors (Lipinski definition) is 0. The van der Waals surface area contributed by atoms with E-state index >= 15 is 0 Å². The summed E-state index contributed by atoms with van der Waals surface area (Å²) in [5, 5.41) is 7.99. The molecule has 0 unspecified atom stereocenters. The molecule has 0 nitrogen and oxygen atoms in total. The van der Waals surface area contributed by atoms with Gasteiger partial charge in [-0.1, -0.05) is 165 Å². The van der Waals surface area contributed by atoms with Gasteiger partial charge >= 0.3 is 37.9 Å². The van der Waals surface area contributed by atoms with Crippen molar-refractivity contribution in [2.24, 2.45) is 0 Å². The van der Waals surface area contributed by atoms with Crippen LogP contribution < -0.4 is 0 Å². The van der Waals surface area contributed by atoms with Gasteiger partial charge in [0.2, 0.25) is 0 Å². The van der Waals surface area contributed by atoms with E-state index in [9.17, 15) is 0 Å². The van der Waals surface area contributed by atoms with Gasteiger partial charge in [0.1, 0.15) is 0 Å². The number of halogens is 2. The summed E-state index contributed by atoms with van der Waals surface area (Å²) in [7, 11) is 11.0. The average molecular weight is 813 g/mol. The van der Waals surface area contributed by atoms with Crippen LogP contribution in [-0.2, 0) is 20.8 Å². The van der Waals surface area contributed by atoms with Gasteiger partial charge in [0.15, 0.2) is 0 Å². The van der Waals surface area contributed by atoms with Gasteiger partial charge in [-0.25, -0.2) is 0 Å². The third-order valence-corrected chi connectivity index (χ3v) is 9.23. The van der Waals surface area contributed by atoms with Crippen molar-refractivity contribution in [3.05, 3.63) is 168 Å². The SMILES string of the molecule is CC(C)c1cc2c(-c3cccc4ccccc34)cccc2[cH-]1.C[Si]C.Cc1ccc(-c2cc(-c3ccc(C)cc3)c3cc(C)[cH-]c3c2)cc1.[Cl][Zr+2][Cl]. The van der Waals surface area contributed by atoms with Gasteiger partial charge in [-0.15, -0.1) is 63.0 Å². The molecular weight excluding hydrogens is 767 g/mol. The molecule has 260 valence electrons. The molecule has 2 radical (unpaired) electrons. The molecule has 0 atom stereocenters. The molecule has 52 heavy (non-hydrogen) atoms. The molecule has 0 amide bonds. The van der Waals surface area contributed by atoms with Crippen molar-refractivity contribution in [2.75, 3.05) is 0 Å². The van der Waals surface area contributed by atoms with Crippen LogP contribution in [0, 0.1) is 20.8 Å². The molecule has 0 bridgehead atoms. The van der Waals surface area contributed by atoms with E-state index in [1.807, 2.05) is 0 Å². The summed E-state index contributed by atoms with van der Waals surface area (Å²) < 4.78 is 0. The fourth-order valence-corrected chi connectivity index (χ4v) is 6.64. The van der Waals surface area contributed by atoms with E-state index in [0.717, 1.165) is 9.52 Å². The molecule has 0 aromatic heterocycles. The predicted octanol–water partition coefficient (Wildman–Crippen LogP) is 15.5. The van der Waals surface area contributed by atoms with Crippen molar-refractivity contribution in [1.82, 2.24) is 0 Å². The number of rotatable bonds is 4. The first-order valence-corrected chi connectivity index (χ1v) is 26.1. The number of fused-ring (bicyclic) bond motifs is 3. The zero-order valence-electron chi connectivity index (χ0n) is 31.2. The molecule has 0 aliphatic rings. The van der Waals surface area contributed by atoms with Crippen LogP contribution in [0.25, 0.3) is 65.7 Å². The Bertz CT molecular complexity index is 2340. The summed E-state index contributed by atoms with van der Waals surface area (Å²) in [6, 6.07) is 53.4. The van der Waals surface area contributed by atoms with E-state index in [1.165, 1.54) is 88.0 Å². The van der Waals surface area contributed by atoms with Crippen LogP contribution in [0.3, 0.4) is 0 Å². The fraction of sp³-hybridized carbons (Fsp3) is 0.167. The molecule has 0 aliphatic carbocycles. The summed E-state index contributed by atoms with van der Waals surface area (Å²) in [6.07, 6.45) is 0. The molecule has 0 N–H and O–H groups in total. The van der Waals surface area contributed by atoms with Crippen LogP contribution in [0.15, 0.2) is 146 Å². The number of hydrogen-bond acceptors (Lipinski definition) is 0. The molecule has 8 aromatic rings. The van der Waals surface area contributed by atoms with Crippen LogP contribution in [0.1, 0.15) is 42.0 Å². The summed E-state index contributed by atoms with van der Waals surface area (Å²) in [5.74, 6) is 0.563. The Hall–Kier alpha value is -3.52. The Morgan fingerprint density at radius 3 is 1.69 bits per heavy atom. The van der Waals surface area contributed by atoms with Crippen LogP contribution in [0.2, 0.25) is 13.1 Å². The van der Waals surface area contributed by atoms with Crippen molar-refractivity contribution >= 4 is 58.9 Å². The molecule has 0 saturated carbocycles. The van der Waals surface area contributed by atoms with Gasteiger partial charge < -0.3 is 0 Å². The Kier molecular flexibility index (Phi) is 14.5. The predicted molar refractivity (Wildman–Crippen MR) is 230 cm³/mol. The quantitative estimate of drug-likeness (QED) is 0.123. The van der Waals surface area contributed by atoms with Crippen molar-refractivity contribution in [3.8, 4) is 33.4 Å². The van der Waals surface area contributed by atoms with Crippen molar-refractivity contribution in [3.63, 3.8) is 0 Å².